The Labute approximate surface area is 137 Å². The van der Waals surface area contributed by atoms with Crippen molar-refractivity contribution in [3.63, 3.8) is 0 Å². The van der Waals surface area contributed by atoms with E-state index in [2.05, 4.69) is 10.1 Å². The molecule has 0 bridgehead atoms. The molecule has 0 aromatic heterocycles. The molecule has 0 heterocycles. The fourth-order valence-electron chi connectivity index (χ4n) is 2.13. The van der Waals surface area contributed by atoms with E-state index in [9.17, 15) is 18.0 Å². The molecule has 128 valence electrons. The molecule has 24 heavy (non-hydrogen) atoms. The van der Waals surface area contributed by atoms with E-state index in [1.807, 2.05) is 19.9 Å². The van der Waals surface area contributed by atoms with Crippen LogP contribution in [0.5, 0.6) is 11.5 Å². The fraction of sp³-hybridized carbons (Fsp3) is 0.235. The summed E-state index contributed by atoms with van der Waals surface area (Å²) in [6.45, 7) is 3.46. The Morgan fingerprint density at radius 2 is 1.71 bits per heavy atom. The third-order valence-electron chi connectivity index (χ3n) is 2.95. The molecule has 7 heteroatoms. The van der Waals surface area contributed by atoms with Crippen LogP contribution in [0.3, 0.4) is 0 Å². The highest BCUT2D eigenvalue weighted by atomic mass is 19.4. The quantitative estimate of drug-likeness (QED) is 0.887. The molecule has 2 aromatic carbocycles. The molecule has 1 N–H and O–H groups in total. The van der Waals surface area contributed by atoms with Gasteiger partial charge in [0, 0.05) is 0 Å². The van der Waals surface area contributed by atoms with Gasteiger partial charge in [0.05, 0.1) is 5.69 Å². The molecule has 0 aliphatic rings. The van der Waals surface area contributed by atoms with Crippen molar-refractivity contribution in [3.8, 4) is 11.5 Å². The normalized spacial score (nSPS) is 11.0. The number of ether oxygens (including phenoxy) is 2. The van der Waals surface area contributed by atoms with E-state index in [-0.39, 0.29) is 12.3 Å². The van der Waals surface area contributed by atoms with Crippen LogP contribution < -0.4 is 14.8 Å². The zero-order chi connectivity index (χ0) is 17.7. The monoisotopic (exact) mass is 339 g/mol. The summed E-state index contributed by atoms with van der Waals surface area (Å²) >= 11 is 0. The summed E-state index contributed by atoms with van der Waals surface area (Å²) in [7, 11) is 0. The van der Waals surface area contributed by atoms with Gasteiger partial charge in [0.15, 0.2) is 12.4 Å². The van der Waals surface area contributed by atoms with Gasteiger partial charge in [-0.2, -0.15) is 0 Å². The SMILES string of the molecule is Cc1cc(C)cc(OCC(=O)Nc2ccccc2OC(F)(F)F)c1. The van der Waals surface area contributed by atoms with Crippen molar-refractivity contribution in [1.29, 1.82) is 0 Å². The topological polar surface area (TPSA) is 47.6 Å². The summed E-state index contributed by atoms with van der Waals surface area (Å²) in [5, 5.41) is 2.34. The van der Waals surface area contributed by atoms with Gasteiger partial charge in [-0.1, -0.05) is 18.2 Å². The Morgan fingerprint density at radius 3 is 2.33 bits per heavy atom. The molecule has 0 unspecified atom stereocenters. The predicted octanol–water partition coefficient (Wildman–Crippen LogP) is 4.22. The van der Waals surface area contributed by atoms with E-state index in [4.69, 9.17) is 4.74 Å². The zero-order valence-electron chi connectivity index (χ0n) is 13.1. The lowest BCUT2D eigenvalue weighted by Gasteiger charge is -2.14. The standard InChI is InChI=1S/C17H16F3NO3/c1-11-7-12(2)9-13(8-11)23-10-16(22)21-14-5-3-4-6-15(14)24-17(18,19)20/h3-9H,10H2,1-2H3,(H,21,22). The average Bonchev–Trinajstić information content (AvgIpc) is 2.45. The molecule has 0 saturated carbocycles. The van der Waals surface area contributed by atoms with Crippen LogP contribution in [0.2, 0.25) is 0 Å². The van der Waals surface area contributed by atoms with E-state index in [1.165, 1.54) is 18.2 Å². The highest BCUT2D eigenvalue weighted by Gasteiger charge is 2.32. The summed E-state index contributed by atoms with van der Waals surface area (Å²) in [4.78, 5) is 11.9. The number of anilines is 1. The van der Waals surface area contributed by atoms with E-state index in [0.717, 1.165) is 17.2 Å². The van der Waals surface area contributed by atoms with Crippen molar-refractivity contribution in [3.05, 3.63) is 53.6 Å². The number of amides is 1. The van der Waals surface area contributed by atoms with Gasteiger partial charge in [-0.15, -0.1) is 13.2 Å². The van der Waals surface area contributed by atoms with Crippen molar-refractivity contribution in [2.45, 2.75) is 20.2 Å². The van der Waals surface area contributed by atoms with Crippen LogP contribution in [0.25, 0.3) is 0 Å². The molecule has 0 aliphatic heterocycles. The third kappa shape index (κ3) is 5.49. The molecule has 0 saturated heterocycles. The van der Waals surface area contributed by atoms with E-state index < -0.39 is 18.0 Å². The lowest BCUT2D eigenvalue weighted by Crippen LogP contribution is -2.22. The Hall–Kier alpha value is -2.70. The van der Waals surface area contributed by atoms with Crippen molar-refractivity contribution >= 4 is 11.6 Å². The lowest BCUT2D eigenvalue weighted by atomic mass is 10.1. The molecule has 0 radical (unpaired) electrons. The Balaban J connectivity index is 2.00. The summed E-state index contributed by atoms with van der Waals surface area (Å²) in [5.41, 5.74) is 1.88. The number of halogens is 3. The molecule has 4 nitrogen and oxygen atoms in total. The summed E-state index contributed by atoms with van der Waals surface area (Å²) in [6, 6.07) is 10.8. The summed E-state index contributed by atoms with van der Waals surface area (Å²) < 4.78 is 46.3. The number of carbonyl (C=O) groups excluding carboxylic acids is 1. The number of carbonyl (C=O) groups is 1. The van der Waals surface area contributed by atoms with Gasteiger partial charge in [-0.05, 0) is 49.2 Å². The molecule has 0 aliphatic carbocycles. The second-order valence-corrected chi connectivity index (χ2v) is 5.20. The summed E-state index contributed by atoms with van der Waals surface area (Å²) in [6.07, 6.45) is -4.84. The van der Waals surface area contributed by atoms with Gasteiger partial charge in [-0.25, -0.2) is 0 Å². The third-order valence-corrected chi connectivity index (χ3v) is 2.95. The zero-order valence-corrected chi connectivity index (χ0v) is 13.1. The molecule has 2 rings (SSSR count). The molecular weight excluding hydrogens is 323 g/mol. The number of hydrogen-bond donors (Lipinski definition) is 1. The fourth-order valence-corrected chi connectivity index (χ4v) is 2.13. The van der Waals surface area contributed by atoms with Crippen LogP contribution in [0, 0.1) is 13.8 Å². The predicted molar refractivity (Wildman–Crippen MR) is 83.2 cm³/mol. The van der Waals surface area contributed by atoms with Gasteiger partial charge >= 0.3 is 6.36 Å². The van der Waals surface area contributed by atoms with Crippen LogP contribution in [0.4, 0.5) is 18.9 Å². The number of rotatable bonds is 5. The molecular formula is C17H16F3NO3. The number of aryl methyl sites for hydroxylation is 2. The molecule has 0 fully saturated rings. The van der Waals surface area contributed by atoms with Crippen LogP contribution >= 0.6 is 0 Å². The first kappa shape index (κ1) is 17.7. The van der Waals surface area contributed by atoms with E-state index in [0.29, 0.717) is 5.75 Å². The lowest BCUT2D eigenvalue weighted by molar-refractivity contribution is -0.274. The van der Waals surface area contributed by atoms with Gasteiger partial charge < -0.3 is 14.8 Å². The molecule has 0 atom stereocenters. The highest BCUT2D eigenvalue weighted by molar-refractivity contribution is 5.93. The summed E-state index contributed by atoms with van der Waals surface area (Å²) in [5.74, 6) is -0.556. The van der Waals surface area contributed by atoms with E-state index in [1.54, 1.807) is 12.1 Å². The Bertz CT molecular complexity index is 709. The number of para-hydroxylation sites is 2. The maximum Gasteiger partial charge on any atom is 0.573 e. The van der Waals surface area contributed by atoms with Crippen LogP contribution in [-0.4, -0.2) is 18.9 Å². The van der Waals surface area contributed by atoms with Crippen LogP contribution in [0.15, 0.2) is 42.5 Å². The van der Waals surface area contributed by atoms with Crippen molar-refractivity contribution in [2.75, 3.05) is 11.9 Å². The maximum atomic E-state index is 12.3. The smallest absolute Gasteiger partial charge is 0.484 e. The van der Waals surface area contributed by atoms with Crippen molar-refractivity contribution in [1.82, 2.24) is 0 Å². The van der Waals surface area contributed by atoms with Crippen molar-refractivity contribution < 1.29 is 27.4 Å². The van der Waals surface area contributed by atoms with Crippen LogP contribution in [0.1, 0.15) is 11.1 Å². The first-order valence-electron chi connectivity index (χ1n) is 7.09. The number of hydrogen-bond acceptors (Lipinski definition) is 3. The van der Waals surface area contributed by atoms with Gasteiger partial charge in [-0.3, -0.25) is 4.79 Å². The minimum absolute atomic E-state index is 0.0798. The molecule has 2 aromatic rings. The average molecular weight is 339 g/mol. The minimum Gasteiger partial charge on any atom is -0.484 e. The van der Waals surface area contributed by atoms with Gasteiger partial charge in [0.2, 0.25) is 0 Å². The number of benzene rings is 2. The molecule has 1 amide bonds. The van der Waals surface area contributed by atoms with E-state index >= 15 is 0 Å². The molecule has 0 spiro atoms. The Kier molecular flexibility index (Phi) is 5.33. The Morgan fingerprint density at radius 1 is 1.08 bits per heavy atom. The van der Waals surface area contributed by atoms with Gasteiger partial charge in [0.1, 0.15) is 5.75 Å². The second-order valence-electron chi connectivity index (χ2n) is 5.20. The first-order valence-corrected chi connectivity index (χ1v) is 7.09. The first-order chi connectivity index (χ1) is 11.2. The second kappa shape index (κ2) is 7.25. The number of alkyl halides is 3. The van der Waals surface area contributed by atoms with Crippen LogP contribution in [-0.2, 0) is 4.79 Å². The minimum atomic E-state index is -4.84. The van der Waals surface area contributed by atoms with Gasteiger partial charge in [0.25, 0.3) is 5.91 Å². The maximum absolute atomic E-state index is 12.3. The highest BCUT2D eigenvalue weighted by Crippen LogP contribution is 2.29. The number of nitrogens with one attached hydrogen (secondary N) is 1. The van der Waals surface area contributed by atoms with Crippen molar-refractivity contribution in [2.24, 2.45) is 0 Å². The largest absolute Gasteiger partial charge is 0.573 e.